The Kier molecular flexibility index (Phi) is 4.03. The standard InChI is InChI=1S/C15H15FO2/c16-13-8-5-4-7-12(13)15(18)10-11-6-2-1-3-9-14(11)17/h4-8H,1-3,9-10H2. The third kappa shape index (κ3) is 2.92. The highest BCUT2D eigenvalue weighted by atomic mass is 19.1. The quantitative estimate of drug-likeness (QED) is 0.765. The number of ketones is 2. The number of halogens is 1. The van der Waals surface area contributed by atoms with E-state index >= 15 is 0 Å². The van der Waals surface area contributed by atoms with Crippen LogP contribution in [-0.4, -0.2) is 11.6 Å². The highest BCUT2D eigenvalue weighted by molar-refractivity contribution is 6.05. The van der Waals surface area contributed by atoms with Crippen LogP contribution in [0.2, 0.25) is 0 Å². The van der Waals surface area contributed by atoms with Gasteiger partial charge in [-0.15, -0.1) is 0 Å². The van der Waals surface area contributed by atoms with Gasteiger partial charge in [0, 0.05) is 12.8 Å². The van der Waals surface area contributed by atoms with E-state index in [1.165, 1.54) is 12.1 Å². The molecule has 0 radical (unpaired) electrons. The molecule has 0 aromatic heterocycles. The van der Waals surface area contributed by atoms with Crippen molar-refractivity contribution in [3.63, 3.8) is 0 Å². The molecule has 2 rings (SSSR count). The molecular weight excluding hydrogens is 231 g/mol. The summed E-state index contributed by atoms with van der Waals surface area (Å²) < 4.78 is 13.4. The summed E-state index contributed by atoms with van der Waals surface area (Å²) in [5.41, 5.74) is 0.608. The maximum Gasteiger partial charge on any atom is 0.170 e. The molecule has 0 amide bonds. The molecule has 94 valence electrons. The number of hydrogen-bond donors (Lipinski definition) is 0. The van der Waals surface area contributed by atoms with Gasteiger partial charge in [0.2, 0.25) is 0 Å². The van der Waals surface area contributed by atoms with Crippen LogP contribution in [0.4, 0.5) is 4.39 Å². The van der Waals surface area contributed by atoms with Crippen molar-refractivity contribution < 1.29 is 14.0 Å². The second kappa shape index (κ2) is 5.71. The zero-order valence-electron chi connectivity index (χ0n) is 10.1. The van der Waals surface area contributed by atoms with Crippen molar-refractivity contribution in [2.75, 3.05) is 0 Å². The zero-order chi connectivity index (χ0) is 13.0. The van der Waals surface area contributed by atoms with Gasteiger partial charge in [-0.2, -0.15) is 0 Å². The minimum atomic E-state index is -0.524. The maximum absolute atomic E-state index is 13.4. The monoisotopic (exact) mass is 246 g/mol. The molecule has 0 fully saturated rings. The summed E-state index contributed by atoms with van der Waals surface area (Å²) in [6, 6.07) is 5.89. The molecule has 3 heteroatoms. The van der Waals surface area contributed by atoms with Crippen molar-refractivity contribution in [2.45, 2.75) is 32.1 Å². The lowest BCUT2D eigenvalue weighted by Gasteiger charge is -2.05. The van der Waals surface area contributed by atoms with E-state index in [0.29, 0.717) is 12.0 Å². The van der Waals surface area contributed by atoms with E-state index in [0.717, 1.165) is 19.3 Å². The van der Waals surface area contributed by atoms with Crippen LogP contribution in [0, 0.1) is 5.82 Å². The normalized spacial score (nSPS) is 16.1. The molecular formula is C15H15FO2. The van der Waals surface area contributed by atoms with Crippen LogP contribution in [-0.2, 0) is 4.79 Å². The van der Waals surface area contributed by atoms with E-state index in [1.54, 1.807) is 12.1 Å². The first-order chi connectivity index (χ1) is 8.68. The van der Waals surface area contributed by atoms with Gasteiger partial charge in [-0.1, -0.05) is 18.2 Å². The average molecular weight is 246 g/mol. The fraction of sp³-hybridized carbons (Fsp3) is 0.333. The molecule has 1 aromatic carbocycles. The topological polar surface area (TPSA) is 34.1 Å². The van der Waals surface area contributed by atoms with Crippen molar-refractivity contribution in [3.05, 3.63) is 47.3 Å². The summed E-state index contributed by atoms with van der Waals surface area (Å²) in [5, 5.41) is 0. The molecule has 1 aliphatic rings. The summed E-state index contributed by atoms with van der Waals surface area (Å²) in [5.74, 6) is -0.823. The van der Waals surface area contributed by atoms with Crippen LogP contribution in [0.3, 0.4) is 0 Å². The van der Waals surface area contributed by atoms with Crippen molar-refractivity contribution in [3.8, 4) is 0 Å². The Morgan fingerprint density at radius 1 is 1.22 bits per heavy atom. The molecule has 1 aliphatic carbocycles. The Balaban J connectivity index is 2.14. The lowest BCUT2D eigenvalue weighted by molar-refractivity contribution is -0.115. The van der Waals surface area contributed by atoms with Gasteiger partial charge in [0.1, 0.15) is 5.82 Å². The third-order valence-corrected chi connectivity index (χ3v) is 3.13. The Morgan fingerprint density at radius 2 is 2.00 bits per heavy atom. The highest BCUT2D eigenvalue weighted by Crippen LogP contribution is 2.19. The van der Waals surface area contributed by atoms with Crippen LogP contribution in [0.25, 0.3) is 0 Å². The molecule has 1 aromatic rings. The summed E-state index contributed by atoms with van der Waals surface area (Å²) in [6.07, 6.45) is 5.01. The SMILES string of the molecule is O=C1CCCCC=C1CC(=O)c1ccccc1F. The fourth-order valence-corrected chi connectivity index (χ4v) is 2.11. The molecule has 0 bridgehead atoms. The van der Waals surface area contributed by atoms with Gasteiger partial charge >= 0.3 is 0 Å². The van der Waals surface area contributed by atoms with Crippen LogP contribution < -0.4 is 0 Å². The second-order valence-corrected chi connectivity index (χ2v) is 4.48. The first-order valence-electron chi connectivity index (χ1n) is 6.18. The molecule has 0 spiro atoms. The van der Waals surface area contributed by atoms with E-state index < -0.39 is 5.82 Å². The average Bonchev–Trinajstić information content (AvgIpc) is 2.55. The highest BCUT2D eigenvalue weighted by Gasteiger charge is 2.18. The predicted octanol–water partition coefficient (Wildman–Crippen LogP) is 3.47. The Labute approximate surface area is 106 Å². The van der Waals surface area contributed by atoms with E-state index in [2.05, 4.69) is 0 Å². The maximum atomic E-state index is 13.4. The number of rotatable bonds is 3. The van der Waals surface area contributed by atoms with Crippen LogP contribution >= 0.6 is 0 Å². The van der Waals surface area contributed by atoms with Crippen molar-refractivity contribution in [1.29, 1.82) is 0 Å². The molecule has 0 aliphatic heterocycles. The van der Waals surface area contributed by atoms with Crippen molar-refractivity contribution >= 4 is 11.6 Å². The predicted molar refractivity (Wildman–Crippen MR) is 66.9 cm³/mol. The van der Waals surface area contributed by atoms with E-state index in [-0.39, 0.29) is 23.6 Å². The summed E-state index contributed by atoms with van der Waals surface area (Å²) in [7, 11) is 0. The number of Topliss-reactive ketones (excluding diaryl/α,β-unsaturated/α-hetero) is 2. The van der Waals surface area contributed by atoms with Crippen LogP contribution in [0.15, 0.2) is 35.9 Å². The van der Waals surface area contributed by atoms with Crippen LogP contribution in [0.1, 0.15) is 42.5 Å². The summed E-state index contributed by atoms with van der Waals surface area (Å²) >= 11 is 0. The molecule has 0 atom stereocenters. The molecule has 0 saturated carbocycles. The minimum Gasteiger partial charge on any atom is -0.295 e. The van der Waals surface area contributed by atoms with E-state index in [1.807, 2.05) is 6.08 Å². The summed E-state index contributed by atoms with van der Waals surface area (Å²) in [6.45, 7) is 0. The van der Waals surface area contributed by atoms with E-state index in [9.17, 15) is 14.0 Å². The second-order valence-electron chi connectivity index (χ2n) is 4.48. The number of benzene rings is 1. The third-order valence-electron chi connectivity index (χ3n) is 3.13. The van der Waals surface area contributed by atoms with Gasteiger partial charge < -0.3 is 0 Å². The molecule has 0 heterocycles. The van der Waals surface area contributed by atoms with Crippen molar-refractivity contribution in [1.82, 2.24) is 0 Å². The Bertz CT molecular complexity index is 503. The van der Waals surface area contributed by atoms with Gasteiger partial charge in [0.25, 0.3) is 0 Å². The van der Waals surface area contributed by atoms with Gasteiger partial charge in [0.15, 0.2) is 11.6 Å². The molecule has 0 unspecified atom stereocenters. The Hall–Kier alpha value is -1.77. The first kappa shape index (κ1) is 12.7. The number of carbonyl (C=O) groups excluding carboxylic acids is 2. The number of hydrogen-bond acceptors (Lipinski definition) is 2. The van der Waals surface area contributed by atoms with Gasteiger partial charge in [-0.3, -0.25) is 9.59 Å². The molecule has 0 N–H and O–H groups in total. The van der Waals surface area contributed by atoms with Gasteiger partial charge in [0.05, 0.1) is 5.56 Å². The molecule has 0 saturated heterocycles. The minimum absolute atomic E-state index is 0.0137. The smallest absolute Gasteiger partial charge is 0.170 e. The van der Waals surface area contributed by atoms with Crippen molar-refractivity contribution in [2.24, 2.45) is 0 Å². The number of carbonyl (C=O) groups is 2. The molecule has 18 heavy (non-hydrogen) atoms. The fourth-order valence-electron chi connectivity index (χ4n) is 2.11. The Morgan fingerprint density at radius 3 is 2.78 bits per heavy atom. The molecule has 2 nitrogen and oxygen atoms in total. The largest absolute Gasteiger partial charge is 0.295 e. The summed E-state index contributed by atoms with van der Waals surface area (Å²) in [4.78, 5) is 23.7. The lowest BCUT2D eigenvalue weighted by atomic mass is 9.99. The first-order valence-corrected chi connectivity index (χ1v) is 6.18. The zero-order valence-corrected chi connectivity index (χ0v) is 10.1. The number of allylic oxidation sites excluding steroid dienone is 2. The van der Waals surface area contributed by atoms with Gasteiger partial charge in [-0.05, 0) is 37.0 Å². The van der Waals surface area contributed by atoms with E-state index in [4.69, 9.17) is 0 Å². The van der Waals surface area contributed by atoms with Gasteiger partial charge in [-0.25, -0.2) is 4.39 Å². The van der Waals surface area contributed by atoms with Crippen LogP contribution in [0.5, 0.6) is 0 Å². The lowest BCUT2D eigenvalue weighted by Crippen LogP contribution is -2.09.